The predicted octanol–water partition coefficient (Wildman–Crippen LogP) is 3.81. The molecule has 3 rings (SSSR count). The molecule has 6 heteroatoms. The van der Waals surface area contributed by atoms with Crippen LogP contribution < -0.4 is 10.3 Å². The van der Waals surface area contributed by atoms with E-state index in [0.717, 1.165) is 11.3 Å². The number of nitrogens with one attached hydrogen (secondary N) is 1. The molecule has 1 fully saturated rings. The van der Waals surface area contributed by atoms with Crippen LogP contribution in [0.1, 0.15) is 11.5 Å². The Kier molecular flexibility index (Phi) is 5.30. The monoisotopic (exact) mass is 375 g/mol. The van der Waals surface area contributed by atoms with Gasteiger partial charge in [0.15, 0.2) is 0 Å². The van der Waals surface area contributed by atoms with Gasteiger partial charge in [-0.1, -0.05) is 48.5 Å². The lowest BCUT2D eigenvalue weighted by molar-refractivity contribution is -0.119. The molecule has 1 N–H and O–H groups in total. The third kappa shape index (κ3) is 4.14. The van der Waals surface area contributed by atoms with Gasteiger partial charge >= 0.3 is 0 Å². The molecule has 4 nitrogen and oxygen atoms in total. The number of hydrogen-bond donors (Lipinski definition) is 1. The van der Waals surface area contributed by atoms with Crippen LogP contribution in [-0.4, -0.2) is 30.0 Å². The average molecular weight is 376 g/mol. The van der Waals surface area contributed by atoms with E-state index in [4.69, 9.17) is 23.2 Å². The highest BCUT2D eigenvalue weighted by Gasteiger charge is 2.63. The maximum atomic E-state index is 12.0. The minimum atomic E-state index is -0.879. The lowest BCUT2D eigenvalue weighted by Gasteiger charge is -2.17. The van der Waals surface area contributed by atoms with Crippen LogP contribution in [-0.2, 0) is 4.79 Å². The van der Waals surface area contributed by atoms with Gasteiger partial charge in [0.05, 0.1) is 6.54 Å². The number of rotatable bonds is 6. The van der Waals surface area contributed by atoms with E-state index in [-0.39, 0.29) is 24.3 Å². The van der Waals surface area contributed by atoms with Gasteiger partial charge in [0.25, 0.3) is 5.91 Å². The summed E-state index contributed by atoms with van der Waals surface area (Å²) in [7, 11) is 1.85. The van der Waals surface area contributed by atoms with Crippen LogP contribution in [0.4, 0.5) is 5.69 Å². The van der Waals surface area contributed by atoms with Gasteiger partial charge in [-0.25, -0.2) is 5.43 Å². The van der Waals surface area contributed by atoms with Crippen molar-refractivity contribution >= 4 is 41.0 Å². The standard InChI is InChI=1S/C19H19Cl2N3O/c1-24(15-10-6-3-7-11-15)13-17(25)23-22-12-16-18(19(16,20)21)14-8-4-2-5-9-14/h2-12,16,18H,13H2,1H3,(H,23,25)/b22-12-/t16-,18-/m1/s1. The number of anilines is 1. The van der Waals surface area contributed by atoms with Crippen LogP contribution in [0.15, 0.2) is 65.8 Å². The second-order valence-corrected chi connectivity index (χ2v) is 7.54. The van der Waals surface area contributed by atoms with Crippen molar-refractivity contribution in [2.24, 2.45) is 11.0 Å². The molecule has 1 saturated carbocycles. The van der Waals surface area contributed by atoms with Crippen molar-refractivity contribution in [2.75, 3.05) is 18.5 Å². The zero-order chi connectivity index (χ0) is 17.9. The summed E-state index contributed by atoms with van der Waals surface area (Å²) in [6, 6.07) is 19.5. The molecule has 25 heavy (non-hydrogen) atoms. The van der Waals surface area contributed by atoms with E-state index < -0.39 is 4.33 Å². The summed E-state index contributed by atoms with van der Waals surface area (Å²) in [6.45, 7) is 0.209. The van der Waals surface area contributed by atoms with Crippen LogP contribution in [0, 0.1) is 5.92 Å². The average Bonchev–Trinajstić information content (AvgIpc) is 3.17. The molecule has 0 bridgehead atoms. The van der Waals surface area contributed by atoms with Crippen molar-refractivity contribution in [1.82, 2.24) is 5.43 Å². The number of likely N-dealkylation sites (N-methyl/N-ethyl adjacent to an activating group) is 1. The highest BCUT2D eigenvalue weighted by molar-refractivity contribution is 6.53. The number of benzene rings is 2. The van der Waals surface area contributed by atoms with Gasteiger partial charge in [-0.2, -0.15) is 5.10 Å². The molecule has 1 aliphatic carbocycles. The minimum Gasteiger partial charge on any atom is -0.365 e. The number of para-hydroxylation sites is 1. The molecule has 130 valence electrons. The second kappa shape index (κ2) is 7.46. The quantitative estimate of drug-likeness (QED) is 0.473. The van der Waals surface area contributed by atoms with E-state index in [2.05, 4.69) is 10.5 Å². The number of halogens is 2. The van der Waals surface area contributed by atoms with E-state index in [1.165, 1.54) is 0 Å². The summed E-state index contributed by atoms with van der Waals surface area (Å²) >= 11 is 12.7. The molecule has 0 unspecified atom stereocenters. The van der Waals surface area contributed by atoms with Gasteiger partial charge in [-0.3, -0.25) is 4.79 Å². The van der Waals surface area contributed by atoms with E-state index in [1.54, 1.807) is 6.21 Å². The molecule has 0 aromatic heterocycles. The molecule has 2 aromatic rings. The molecule has 0 aliphatic heterocycles. The van der Waals surface area contributed by atoms with E-state index in [9.17, 15) is 4.79 Å². The first-order valence-corrected chi connectivity index (χ1v) is 8.76. The van der Waals surface area contributed by atoms with Gasteiger partial charge in [-0.15, -0.1) is 23.2 Å². The number of amides is 1. The Morgan fingerprint density at radius 3 is 2.40 bits per heavy atom. The van der Waals surface area contributed by atoms with Crippen molar-refractivity contribution in [2.45, 2.75) is 10.3 Å². The van der Waals surface area contributed by atoms with E-state index in [0.29, 0.717) is 0 Å². The normalized spacial score (nSPS) is 21.1. The molecule has 2 aromatic carbocycles. The molecule has 1 aliphatic rings. The molecule has 0 radical (unpaired) electrons. The first-order valence-electron chi connectivity index (χ1n) is 8.01. The molecule has 0 heterocycles. The summed E-state index contributed by atoms with van der Waals surface area (Å²) in [4.78, 5) is 13.9. The number of carbonyl (C=O) groups excluding carboxylic acids is 1. The Labute approximate surface area is 157 Å². The fourth-order valence-electron chi connectivity index (χ4n) is 2.84. The molecule has 0 spiro atoms. The van der Waals surface area contributed by atoms with Crippen molar-refractivity contribution < 1.29 is 4.79 Å². The molecular weight excluding hydrogens is 357 g/mol. The predicted molar refractivity (Wildman–Crippen MR) is 103 cm³/mol. The van der Waals surface area contributed by atoms with Crippen molar-refractivity contribution in [3.63, 3.8) is 0 Å². The van der Waals surface area contributed by atoms with Crippen LogP contribution in [0.5, 0.6) is 0 Å². The van der Waals surface area contributed by atoms with Crippen LogP contribution >= 0.6 is 23.2 Å². The van der Waals surface area contributed by atoms with Crippen molar-refractivity contribution in [3.05, 3.63) is 66.2 Å². The number of hydrogen-bond acceptors (Lipinski definition) is 3. The summed E-state index contributed by atoms with van der Waals surface area (Å²) in [5.41, 5.74) is 4.57. The van der Waals surface area contributed by atoms with Gasteiger partial charge < -0.3 is 4.90 Å². The first kappa shape index (κ1) is 17.8. The largest absolute Gasteiger partial charge is 0.365 e. The Morgan fingerprint density at radius 2 is 1.76 bits per heavy atom. The molecule has 0 saturated heterocycles. The van der Waals surface area contributed by atoms with Gasteiger partial charge in [0, 0.05) is 30.8 Å². The Hall–Kier alpha value is -2.04. The highest BCUT2D eigenvalue weighted by Crippen LogP contribution is 2.63. The third-order valence-corrected chi connectivity index (χ3v) is 5.24. The van der Waals surface area contributed by atoms with Gasteiger partial charge in [0.1, 0.15) is 4.33 Å². The first-order chi connectivity index (χ1) is 12.0. The molecular formula is C19H19Cl2N3O. The number of carbonyl (C=O) groups is 1. The molecule has 1 amide bonds. The van der Waals surface area contributed by atoms with E-state index >= 15 is 0 Å². The van der Waals surface area contributed by atoms with Crippen LogP contribution in [0.3, 0.4) is 0 Å². The zero-order valence-electron chi connectivity index (χ0n) is 13.8. The van der Waals surface area contributed by atoms with Crippen LogP contribution in [0.2, 0.25) is 0 Å². The smallest absolute Gasteiger partial charge is 0.259 e. The number of nitrogens with zero attached hydrogens (tertiary/aromatic N) is 2. The van der Waals surface area contributed by atoms with Gasteiger partial charge in [-0.05, 0) is 17.7 Å². The van der Waals surface area contributed by atoms with Crippen LogP contribution in [0.25, 0.3) is 0 Å². The minimum absolute atomic E-state index is 0.00956. The maximum Gasteiger partial charge on any atom is 0.259 e. The Balaban J connectivity index is 1.52. The van der Waals surface area contributed by atoms with Crippen molar-refractivity contribution in [1.29, 1.82) is 0 Å². The Morgan fingerprint density at radius 1 is 1.16 bits per heavy atom. The number of alkyl halides is 2. The summed E-state index contributed by atoms with van der Waals surface area (Å²) in [5, 5.41) is 4.03. The topological polar surface area (TPSA) is 44.7 Å². The Bertz CT molecular complexity index is 750. The maximum absolute atomic E-state index is 12.0. The lowest BCUT2D eigenvalue weighted by atomic mass is 10.1. The lowest BCUT2D eigenvalue weighted by Crippen LogP contribution is -2.32. The summed E-state index contributed by atoms with van der Waals surface area (Å²) in [5.74, 6) is -0.329. The summed E-state index contributed by atoms with van der Waals surface area (Å²) < 4.78 is -0.879. The third-order valence-electron chi connectivity index (χ3n) is 4.27. The van der Waals surface area contributed by atoms with Crippen molar-refractivity contribution in [3.8, 4) is 0 Å². The van der Waals surface area contributed by atoms with Gasteiger partial charge in [0.2, 0.25) is 0 Å². The summed E-state index contributed by atoms with van der Waals surface area (Å²) in [6.07, 6.45) is 1.62. The fraction of sp³-hybridized carbons (Fsp3) is 0.263. The number of hydrazone groups is 1. The molecule has 2 atom stereocenters. The van der Waals surface area contributed by atoms with E-state index in [1.807, 2.05) is 72.6 Å². The SMILES string of the molecule is CN(CC(=O)N/N=C\[C@@H]1[C@@H](c2ccccc2)C1(Cl)Cl)c1ccccc1. The highest BCUT2D eigenvalue weighted by atomic mass is 35.5. The zero-order valence-corrected chi connectivity index (χ0v) is 15.3. The second-order valence-electron chi connectivity index (χ2n) is 6.09. The fourth-order valence-corrected chi connectivity index (χ4v) is 3.60.